The number of fused-ring (bicyclic) bond motifs is 7. The second-order valence-corrected chi connectivity index (χ2v) is 15.8. The van der Waals surface area contributed by atoms with E-state index in [0.29, 0.717) is 41.6 Å². The monoisotopic (exact) mass is 526 g/mol. The highest BCUT2D eigenvalue weighted by molar-refractivity contribution is 5.66. The normalized spacial score (nSPS) is 49.1. The van der Waals surface area contributed by atoms with Gasteiger partial charge in [-0.15, -0.1) is 0 Å². The second-order valence-electron chi connectivity index (χ2n) is 15.8. The molecule has 0 heterocycles. The SMILES string of the molecule is C=C(C)[C@@H]1CC[C@]2(COC(C)=O)CC[C@]3(C)[C@H](CC[C@@H]4[C@]5(C)CC[C@H](OC(C)=O)C(C)(C)[C@@H]5CC[C@]43C)[C@H]12. The van der Waals surface area contributed by atoms with Gasteiger partial charge in [0.15, 0.2) is 0 Å². The van der Waals surface area contributed by atoms with E-state index < -0.39 is 0 Å². The van der Waals surface area contributed by atoms with Crippen LogP contribution in [0.3, 0.4) is 0 Å². The summed E-state index contributed by atoms with van der Waals surface area (Å²) in [5.74, 6) is 2.76. The molecule has 0 aliphatic heterocycles. The summed E-state index contributed by atoms with van der Waals surface area (Å²) in [6.07, 6.45) is 12.0. The number of esters is 2. The van der Waals surface area contributed by atoms with Crippen LogP contribution in [-0.4, -0.2) is 24.6 Å². The van der Waals surface area contributed by atoms with Gasteiger partial charge < -0.3 is 9.47 Å². The molecule has 5 saturated carbocycles. The second kappa shape index (κ2) is 9.10. The van der Waals surface area contributed by atoms with Crippen LogP contribution in [0.1, 0.15) is 120 Å². The number of carbonyl (C=O) groups is 2. The summed E-state index contributed by atoms with van der Waals surface area (Å²) in [5.41, 5.74) is 2.30. The number of carbonyl (C=O) groups excluding carboxylic acids is 2. The van der Waals surface area contributed by atoms with Crippen LogP contribution in [-0.2, 0) is 19.1 Å². The van der Waals surface area contributed by atoms with Crippen LogP contribution in [0.5, 0.6) is 0 Å². The minimum atomic E-state index is -0.140. The Balaban J connectivity index is 1.49. The van der Waals surface area contributed by atoms with Gasteiger partial charge in [0.05, 0.1) is 6.61 Å². The number of hydrogen-bond acceptors (Lipinski definition) is 4. The van der Waals surface area contributed by atoms with Gasteiger partial charge in [-0.25, -0.2) is 0 Å². The fraction of sp³-hybridized carbons (Fsp3) is 0.882. The Labute approximate surface area is 232 Å². The fourth-order valence-electron chi connectivity index (χ4n) is 12.2. The van der Waals surface area contributed by atoms with Crippen molar-refractivity contribution in [3.05, 3.63) is 12.2 Å². The van der Waals surface area contributed by atoms with Crippen LogP contribution in [0.25, 0.3) is 0 Å². The van der Waals surface area contributed by atoms with Crippen molar-refractivity contribution in [3.8, 4) is 0 Å². The zero-order valence-corrected chi connectivity index (χ0v) is 25.6. The molecule has 0 amide bonds. The Morgan fingerprint density at radius 3 is 2.11 bits per heavy atom. The van der Waals surface area contributed by atoms with E-state index in [1.54, 1.807) is 13.8 Å². The van der Waals surface area contributed by atoms with Crippen molar-refractivity contribution in [1.29, 1.82) is 0 Å². The summed E-state index contributed by atoms with van der Waals surface area (Å²) in [6, 6.07) is 0. The van der Waals surface area contributed by atoms with Crippen LogP contribution in [0.2, 0.25) is 0 Å². The first-order valence-corrected chi connectivity index (χ1v) is 15.6. The summed E-state index contributed by atoms with van der Waals surface area (Å²) in [5, 5.41) is 0. The highest BCUT2D eigenvalue weighted by Gasteiger charge is 2.71. The van der Waals surface area contributed by atoms with Crippen molar-refractivity contribution in [3.63, 3.8) is 0 Å². The summed E-state index contributed by atoms with van der Waals surface area (Å²) >= 11 is 0. The molecule has 4 heteroatoms. The molecule has 5 fully saturated rings. The minimum absolute atomic E-state index is 0.00000109. The van der Waals surface area contributed by atoms with Gasteiger partial charge in [0.2, 0.25) is 0 Å². The summed E-state index contributed by atoms with van der Waals surface area (Å²) in [7, 11) is 0. The maximum absolute atomic E-state index is 11.9. The lowest BCUT2D eigenvalue weighted by Crippen LogP contribution is -2.67. The molecule has 0 unspecified atom stereocenters. The number of ether oxygens (including phenoxy) is 2. The molecule has 10 atom stereocenters. The van der Waals surface area contributed by atoms with E-state index in [1.807, 2.05) is 0 Å². The maximum atomic E-state index is 11.9. The summed E-state index contributed by atoms with van der Waals surface area (Å²) in [6.45, 7) is 23.1. The molecule has 0 bridgehead atoms. The summed E-state index contributed by atoms with van der Waals surface area (Å²) in [4.78, 5) is 23.8. The minimum Gasteiger partial charge on any atom is -0.465 e. The van der Waals surface area contributed by atoms with Crippen molar-refractivity contribution in [2.45, 2.75) is 126 Å². The van der Waals surface area contributed by atoms with Gasteiger partial charge in [-0.3, -0.25) is 9.59 Å². The van der Waals surface area contributed by atoms with E-state index in [1.165, 1.54) is 56.9 Å². The number of hydrogen-bond donors (Lipinski definition) is 0. The smallest absolute Gasteiger partial charge is 0.302 e. The van der Waals surface area contributed by atoms with E-state index in [0.717, 1.165) is 12.8 Å². The molecule has 5 rings (SSSR count). The van der Waals surface area contributed by atoms with E-state index in [2.05, 4.69) is 48.1 Å². The highest BCUT2D eigenvalue weighted by atomic mass is 16.5. The van der Waals surface area contributed by atoms with Crippen LogP contribution in [0, 0.1) is 56.7 Å². The highest BCUT2D eigenvalue weighted by Crippen LogP contribution is 2.77. The topological polar surface area (TPSA) is 52.6 Å². The van der Waals surface area contributed by atoms with Crippen LogP contribution in [0.15, 0.2) is 12.2 Å². The lowest BCUT2D eigenvalue weighted by atomic mass is 9.32. The van der Waals surface area contributed by atoms with Gasteiger partial charge in [0.1, 0.15) is 6.10 Å². The van der Waals surface area contributed by atoms with Gasteiger partial charge in [-0.2, -0.15) is 0 Å². The Morgan fingerprint density at radius 1 is 0.763 bits per heavy atom. The number of rotatable bonds is 4. The Kier molecular flexibility index (Phi) is 6.76. The van der Waals surface area contributed by atoms with Crippen molar-refractivity contribution in [1.82, 2.24) is 0 Å². The maximum Gasteiger partial charge on any atom is 0.302 e. The first-order valence-electron chi connectivity index (χ1n) is 15.6. The lowest BCUT2D eigenvalue weighted by Gasteiger charge is -2.73. The molecular formula is C34H54O4. The zero-order valence-electron chi connectivity index (χ0n) is 25.6. The number of allylic oxidation sites excluding steroid dienone is 1. The van der Waals surface area contributed by atoms with Gasteiger partial charge in [-0.1, -0.05) is 46.8 Å². The van der Waals surface area contributed by atoms with Gasteiger partial charge >= 0.3 is 11.9 Å². The van der Waals surface area contributed by atoms with Crippen LogP contribution >= 0.6 is 0 Å². The quantitative estimate of drug-likeness (QED) is 0.274. The molecule has 5 aliphatic carbocycles. The Hall–Kier alpha value is -1.32. The first kappa shape index (κ1) is 28.2. The molecule has 0 aromatic heterocycles. The average molecular weight is 527 g/mol. The molecule has 0 spiro atoms. The van der Waals surface area contributed by atoms with E-state index in [9.17, 15) is 9.59 Å². The largest absolute Gasteiger partial charge is 0.465 e. The predicted octanol–water partition coefficient (Wildman–Crippen LogP) is 8.14. The molecule has 4 nitrogen and oxygen atoms in total. The van der Waals surface area contributed by atoms with Crippen molar-refractivity contribution in [2.75, 3.05) is 6.61 Å². The van der Waals surface area contributed by atoms with Crippen molar-refractivity contribution >= 4 is 11.9 Å². The van der Waals surface area contributed by atoms with Crippen molar-refractivity contribution in [2.24, 2.45) is 56.7 Å². The third-order valence-electron chi connectivity index (χ3n) is 14.0. The Morgan fingerprint density at radius 2 is 1.47 bits per heavy atom. The standard InChI is InChI=1S/C34H54O4/c1-21(2)24-12-17-34(20-37-22(3)35)19-18-32(8)25(29(24)34)10-11-27-31(7)15-14-28(38-23(4)36)30(5,6)26(31)13-16-33(27,32)9/h24-29H,1,10-20H2,2-9H3/t24-,25+,26-,27+,28-,29-,31+,32+,33+,34+/m0/s1. The molecule has 214 valence electrons. The van der Waals surface area contributed by atoms with E-state index in [4.69, 9.17) is 9.47 Å². The molecule has 38 heavy (non-hydrogen) atoms. The van der Waals surface area contributed by atoms with Crippen LogP contribution < -0.4 is 0 Å². The molecule has 5 aliphatic rings. The molecule has 0 aromatic carbocycles. The molecular weight excluding hydrogens is 472 g/mol. The van der Waals surface area contributed by atoms with Gasteiger partial charge in [-0.05, 0) is 117 Å². The van der Waals surface area contributed by atoms with E-state index >= 15 is 0 Å². The molecule has 0 aromatic rings. The van der Waals surface area contributed by atoms with Gasteiger partial charge in [0.25, 0.3) is 0 Å². The van der Waals surface area contributed by atoms with Crippen LogP contribution in [0.4, 0.5) is 0 Å². The fourth-order valence-corrected chi connectivity index (χ4v) is 12.2. The Bertz CT molecular complexity index is 998. The molecule has 0 saturated heterocycles. The van der Waals surface area contributed by atoms with Gasteiger partial charge in [0, 0.05) is 24.7 Å². The molecule has 0 radical (unpaired) electrons. The predicted molar refractivity (Wildman–Crippen MR) is 151 cm³/mol. The first-order chi connectivity index (χ1) is 17.6. The third-order valence-corrected chi connectivity index (χ3v) is 14.0. The summed E-state index contributed by atoms with van der Waals surface area (Å²) < 4.78 is 11.7. The lowest BCUT2D eigenvalue weighted by molar-refractivity contribution is -0.252. The average Bonchev–Trinajstić information content (AvgIpc) is 3.20. The van der Waals surface area contributed by atoms with Crippen molar-refractivity contribution < 1.29 is 19.1 Å². The zero-order chi connectivity index (χ0) is 27.9. The van der Waals surface area contributed by atoms with E-state index in [-0.39, 0.29) is 39.7 Å². The third kappa shape index (κ3) is 3.80. The molecule has 0 N–H and O–H groups in total.